The summed E-state index contributed by atoms with van der Waals surface area (Å²) < 4.78 is 0. The molecule has 0 nitrogen and oxygen atoms in total. The standard InChI is InChI=1S/C8H15.Li/c1-7-4-3-5-8(2)6-7;/h7-8H,1,3-6H2,2H3;/q-1;+1. The molecule has 1 saturated carbocycles. The van der Waals surface area contributed by atoms with Crippen LogP contribution in [0.2, 0.25) is 0 Å². The van der Waals surface area contributed by atoms with E-state index in [1.54, 1.807) is 0 Å². The Morgan fingerprint density at radius 1 is 1.33 bits per heavy atom. The zero-order valence-electron chi connectivity index (χ0n) is 6.69. The van der Waals surface area contributed by atoms with Crippen LogP contribution in [-0.4, -0.2) is 0 Å². The molecule has 1 rings (SSSR count). The van der Waals surface area contributed by atoms with Crippen LogP contribution in [0.15, 0.2) is 0 Å². The van der Waals surface area contributed by atoms with E-state index in [9.17, 15) is 0 Å². The molecule has 0 aliphatic heterocycles. The van der Waals surface area contributed by atoms with Crippen molar-refractivity contribution in [2.45, 2.75) is 32.6 Å². The van der Waals surface area contributed by atoms with Crippen molar-refractivity contribution in [2.24, 2.45) is 11.8 Å². The van der Waals surface area contributed by atoms with Crippen molar-refractivity contribution in [2.75, 3.05) is 0 Å². The minimum absolute atomic E-state index is 0. The zero-order valence-corrected chi connectivity index (χ0v) is 6.69. The van der Waals surface area contributed by atoms with Crippen LogP contribution in [-0.2, 0) is 0 Å². The number of hydrogen-bond acceptors (Lipinski definition) is 0. The van der Waals surface area contributed by atoms with Gasteiger partial charge in [-0.05, 0) is 5.92 Å². The van der Waals surface area contributed by atoms with Crippen molar-refractivity contribution >= 4 is 0 Å². The zero-order chi connectivity index (χ0) is 5.98. The van der Waals surface area contributed by atoms with Crippen LogP contribution >= 0.6 is 0 Å². The van der Waals surface area contributed by atoms with Crippen molar-refractivity contribution in [3.63, 3.8) is 0 Å². The first-order chi connectivity index (χ1) is 3.79. The molecular weight excluding hydrogens is 103 g/mol. The molecule has 2 atom stereocenters. The molecule has 0 heterocycles. The first-order valence-electron chi connectivity index (χ1n) is 3.62. The van der Waals surface area contributed by atoms with Gasteiger partial charge < -0.3 is 6.92 Å². The molecule has 1 aliphatic carbocycles. The van der Waals surface area contributed by atoms with Crippen LogP contribution in [0.4, 0.5) is 0 Å². The average Bonchev–Trinajstić information content (AvgIpc) is 1.64. The van der Waals surface area contributed by atoms with E-state index in [0.29, 0.717) is 0 Å². The summed E-state index contributed by atoms with van der Waals surface area (Å²) in [6, 6.07) is 0. The van der Waals surface area contributed by atoms with Crippen molar-refractivity contribution in [1.29, 1.82) is 0 Å². The van der Waals surface area contributed by atoms with E-state index in [0.717, 1.165) is 11.8 Å². The monoisotopic (exact) mass is 118 g/mol. The SMILES string of the molecule is [CH2-]C1CCCC(C)C1.[Li+]. The minimum Gasteiger partial charge on any atom is -0.340 e. The van der Waals surface area contributed by atoms with Crippen LogP contribution in [0.25, 0.3) is 0 Å². The third kappa shape index (κ3) is 3.33. The Kier molecular flexibility index (Phi) is 4.71. The summed E-state index contributed by atoms with van der Waals surface area (Å²) in [5.74, 6) is 1.71. The quantitative estimate of drug-likeness (QED) is 0.301. The summed E-state index contributed by atoms with van der Waals surface area (Å²) >= 11 is 0. The van der Waals surface area contributed by atoms with Gasteiger partial charge in [0.05, 0.1) is 0 Å². The largest absolute Gasteiger partial charge is 1.00 e. The first kappa shape index (κ1) is 9.60. The summed E-state index contributed by atoms with van der Waals surface area (Å²) in [6.07, 6.45) is 5.58. The Morgan fingerprint density at radius 2 is 2.00 bits per heavy atom. The van der Waals surface area contributed by atoms with Gasteiger partial charge in [0.25, 0.3) is 0 Å². The van der Waals surface area contributed by atoms with Gasteiger partial charge in [-0.25, -0.2) is 0 Å². The summed E-state index contributed by atoms with van der Waals surface area (Å²) in [4.78, 5) is 0. The van der Waals surface area contributed by atoms with Gasteiger partial charge in [0, 0.05) is 0 Å². The third-order valence-electron chi connectivity index (χ3n) is 2.04. The molecule has 0 bridgehead atoms. The smallest absolute Gasteiger partial charge is 0.340 e. The van der Waals surface area contributed by atoms with E-state index in [1.807, 2.05) is 0 Å². The predicted octanol–water partition coefficient (Wildman–Crippen LogP) is -0.349. The van der Waals surface area contributed by atoms with E-state index in [2.05, 4.69) is 13.8 Å². The number of hydrogen-bond donors (Lipinski definition) is 0. The van der Waals surface area contributed by atoms with Crippen LogP contribution in [0, 0.1) is 18.8 Å². The van der Waals surface area contributed by atoms with E-state index >= 15 is 0 Å². The molecule has 0 N–H and O–H groups in total. The summed E-state index contributed by atoms with van der Waals surface area (Å²) in [7, 11) is 0. The molecule has 9 heavy (non-hydrogen) atoms. The number of rotatable bonds is 0. The second kappa shape index (κ2) is 4.42. The van der Waals surface area contributed by atoms with Crippen LogP contribution in [0.5, 0.6) is 0 Å². The fourth-order valence-electron chi connectivity index (χ4n) is 1.56. The van der Waals surface area contributed by atoms with Gasteiger partial charge in [-0.1, -0.05) is 32.6 Å². The van der Waals surface area contributed by atoms with Gasteiger partial charge in [0.15, 0.2) is 0 Å². The molecule has 0 aromatic rings. The van der Waals surface area contributed by atoms with Crippen LogP contribution in [0.1, 0.15) is 32.6 Å². The Morgan fingerprint density at radius 3 is 2.33 bits per heavy atom. The second-order valence-corrected chi connectivity index (χ2v) is 3.14. The van der Waals surface area contributed by atoms with Crippen molar-refractivity contribution < 1.29 is 18.9 Å². The summed E-state index contributed by atoms with van der Waals surface area (Å²) in [5.41, 5.74) is 0. The minimum atomic E-state index is 0. The normalized spacial score (nSPS) is 35.3. The maximum atomic E-state index is 4.05. The topological polar surface area (TPSA) is 0 Å². The molecule has 1 aliphatic rings. The molecule has 0 spiro atoms. The molecule has 1 fully saturated rings. The fourth-order valence-corrected chi connectivity index (χ4v) is 1.56. The molecule has 48 valence electrons. The van der Waals surface area contributed by atoms with Gasteiger partial charge in [0.1, 0.15) is 0 Å². The van der Waals surface area contributed by atoms with Crippen molar-refractivity contribution in [3.05, 3.63) is 6.92 Å². The maximum absolute atomic E-state index is 4.05. The van der Waals surface area contributed by atoms with Crippen LogP contribution in [0.3, 0.4) is 0 Å². The Balaban J connectivity index is 0.000000640. The molecule has 0 aromatic heterocycles. The molecular formula is C8H15Li. The second-order valence-electron chi connectivity index (χ2n) is 3.14. The average molecular weight is 118 g/mol. The van der Waals surface area contributed by atoms with Crippen LogP contribution < -0.4 is 18.9 Å². The molecule has 0 aromatic carbocycles. The molecule has 1 heteroatoms. The molecule has 0 saturated heterocycles. The summed E-state index contributed by atoms with van der Waals surface area (Å²) in [5, 5.41) is 0. The first-order valence-corrected chi connectivity index (χ1v) is 3.62. The van der Waals surface area contributed by atoms with Gasteiger partial charge in [-0.15, -0.1) is 0 Å². The Labute approximate surface area is 70.6 Å². The van der Waals surface area contributed by atoms with Crippen molar-refractivity contribution in [1.82, 2.24) is 0 Å². The van der Waals surface area contributed by atoms with E-state index in [1.165, 1.54) is 25.7 Å². The molecule has 0 amide bonds. The Hall–Kier alpha value is 0.597. The van der Waals surface area contributed by atoms with Gasteiger partial charge in [-0.2, -0.15) is 5.92 Å². The van der Waals surface area contributed by atoms with E-state index in [-0.39, 0.29) is 18.9 Å². The third-order valence-corrected chi connectivity index (χ3v) is 2.04. The van der Waals surface area contributed by atoms with Gasteiger partial charge in [-0.3, -0.25) is 0 Å². The predicted molar refractivity (Wildman–Crippen MR) is 36.5 cm³/mol. The molecule has 0 radical (unpaired) electrons. The van der Waals surface area contributed by atoms with Gasteiger partial charge >= 0.3 is 18.9 Å². The van der Waals surface area contributed by atoms with E-state index < -0.39 is 0 Å². The fraction of sp³-hybridized carbons (Fsp3) is 0.875. The molecule has 2 unspecified atom stereocenters. The van der Waals surface area contributed by atoms with Crippen molar-refractivity contribution in [3.8, 4) is 0 Å². The Bertz CT molecular complexity index is 63.0. The van der Waals surface area contributed by atoms with Gasteiger partial charge in [0.2, 0.25) is 0 Å². The maximum Gasteiger partial charge on any atom is 1.00 e. The van der Waals surface area contributed by atoms with E-state index in [4.69, 9.17) is 0 Å². The summed E-state index contributed by atoms with van der Waals surface area (Å²) in [6.45, 7) is 6.38.